The van der Waals surface area contributed by atoms with Crippen LogP contribution < -0.4 is 10.6 Å². The molecule has 3 N–H and O–H groups in total. The van der Waals surface area contributed by atoms with E-state index in [4.69, 9.17) is 5.11 Å². The van der Waals surface area contributed by atoms with Crippen molar-refractivity contribution in [3.63, 3.8) is 0 Å². The summed E-state index contributed by atoms with van der Waals surface area (Å²) in [6, 6.07) is 4.35. The molecule has 2 amide bonds. The van der Waals surface area contributed by atoms with Crippen LogP contribution in [-0.4, -0.2) is 33.3 Å². The molecule has 7 heteroatoms. The van der Waals surface area contributed by atoms with Gasteiger partial charge in [0, 0.05) is 31.0 Å². The molecule has 0 aliphatic heterocycles. The van der Waals surface area contributed by atoms with Crippen molar-refractivity contribution >= 4 is 6.03 Å². The fourth-order valence-electron chi connectivity index (χ4n) is 1.92. The Hall–Kier alpha value is -2.41. The van der Waals surface area contributed by atoms with E-state index < -0.39 is 6.10 Å². The first kappa shape index (κ1) is 16.0. The van der Waals surface area contributed by atoms with Crippen molar-refractivity contribution in [3.05, 3.63) is 53.9 Å². The van der Waals surface area contributed by atoms with Gasteiger partial charge in [-0.15, -0.1) is 0 Å². The number of halogens is 1. The minimum atomic E-state index is -0.599. The summed E-state index contributed by atoms with van der Waals surface area (Å²) in [7, 11) is 0. The van der Waals surface area contributed by atoms with Gasteiger partial charge in [0.1, 0.15) is 5.82 Å². The molecule has 0 saturated heterocycles. The molecular weight excluding hydrogens is 287 g/mol. The lowest BCUT2D eigenvalue weighted by Gasteiger charge is -2.10. The van der Waals surface area contributed by atoms with Crippen molar-refractivity contribution in [2.24, 2.45) is 0 Å². The van der Waals surface area contributed by atoms with Crippen LogP contribution in [-0.2, 0) is 13.1 Å². The van der Waals surface area contributed by atoms with Crippen molar-refractivity contribution in [2.45, 2.75) is 26.1 Å². The molecule has 0 aliphatic carbocycles. The van der Waals surface area contributed by atoms with Crippen LogP contribution in [0.25, 0.3) is 0 Å². The third kappa shape index (κ3) is 4.85. The lowest BCUT2D eigenvalue weighted by Crippen LogP contribution is -2.38. The van der Waals surface area contributed by atoms with Crippen LogP contribution in [0.4, 0.5) is 9.18 Å². The first-order valence-electron chi connectivity index (χ1n) is 6.97. The molecule has 1 aromatic carbocycles. The van der Waals surface area contributed by atoms with E-state index in [0.29, 0.717) is 12.1 Å². The number of aromatic nitrogens is 2. The summed E-state index contributed by atoms with van der Waals surface area (Å²) in [5, 5.41) is 14.3. The third-order valence-corrected chi connectivity index (χ3v) is 3.03. The first-order valence-corrected chi connectivity index (χ1v) is 6.97. The minimum absolute atomic E-state index is 0.182. The molecule has 1 aromatic heterocycles. The Morgan fingerprint density at radius 3 is 2.95 bits per heavy atom. The lowest BCUT2D eigenvalue weighted by atomic mass is 10.1. The van der Waals surface area contributed by atoms with Crippen LogP contribution in [0, 0.1) is 5.82 Å². The van der Waals surface area contributed by atoms with E-state index in [1.807, 2.05) is 0 Å². The van der Waals surface area contributed by atoms with Crippen molar-refractivity contribution in [3.8, 4) is 0 Å². The SMILES string of the molecule is C[C@@H](O)CNC(=O)NCc1ccc(F)c(Cn2ccnc2)c1. The average molecular weight is 306 g/mol. The number of benzene rings is 1. The fraction of sp³-hybridized carbons (Fsp3) is 0.333. The monoisotopic (exact) mass is 306 g/mol. The molecule has 2 aromatic rings. The van der Waals surface area contributed by atoms with Crippen molar-refractivity contribution in [1.82, 2.24) is 20.2 Å². The normalized spacial score (nSPS) is 12.0. The molecule has 22 heavy (non-hydrogen) atoms. The summed E-state index contributed by atoms with van der Waals surface area (Å²) in [6.45, 7) is 2.43. The Bertz CT molecular complexity index is 614. The van der Waals surface area contributed by atoms with Crippen LogP contribution in [0.15, 0.2) is 36.9 Å². The molecule has 1 atom stereocenters. The third-order valence-electron chi connectivity index (χ3n) is 3.03. The summed E-state index contributed by atoms with van der Waals surface area (Å²) in [5.41, 5.74) is 1.32. The Labute approximate surface area is 128 Å². The average Bonchev–Trinajstić information content (AvgIpc) is 2.99. The van der Waals surface area contributed by atoms with Gasteiger partial charge < -0.3 is 20.3 Å². The fourth-order valence-corrected chi connectivity index (χ4v) is 1.92. The molecular formula is C15H19FN4O2. The number of amides is 2. The highest BCUT2D eigenvalue weighted by atomic mass is 19.1. The van der Waals surface area contributed by atoms with E-state index in [1.165, 1.54) is 6.07 Å². The number of aliphatic hydroxyl groups is 1. The molecule has 0 saturated carbocycles. The van der Waals surface area contributed by atoms with Gasteiger partial charge >= 0.3 is 6.03 Å². The highest BCUT2D eigenvalue weighted by Crippen LogP contribution is 2.12. The van der Waals surface area contributed by atoms with Crippen molar-refractivity contribution in [2.75, 3.05) is 6.54 Å². The van der Waals surface area contributed by atoms with Gasteiger partial charge in [-0.2, -0.15) is 0 Å². The molecule has 1 heterocycles. The van der Waals surface area contributed by atoms with Gasteiger partial charge in [0.2, 0.25) is 0 Å². The standard InChI is InChI=1S/C15H19FN4O2/c1-11(21)7-18-15(22)19-8-12-2-3-14(16)13(6-12)9-20-5-4-17-10-20/h2-6,10-11,21H,7-9H2,1H3,(H2,18,19,22)/t11-/m1/s1. The van der Waals surface area contributed by atoms with Crippen LogP contribution in [0.3, 0.4) is 0 Å². The molecule has 118 valence electrons. The summed E-state index contributed by atoms with van der Waals surface area (Å²) in [4.78, 5) is 15.4. The summed E-state index contributed by atoms with van der Waals surface area (Å²) >= 11 is 0. The van der Waals surface area contributed by atoms with E-state index in [0.717, 1.165) is 5.56 Å². The number of aliphatic hydroxyl groups excluding tert-OH is 1. The summed E-state index contributed by atoms with van der Waals surface area (Å²) in [6.07, 6.45) is 4.41. The maximum atomic E-state index is 13.8. The molecule has 2 rings (SSSR count). The number of nitrogens with zero attached hydrogens (tertiary/aromatic N) is 2. The Morgan fingerprint density at radius 1 is 1.45 bits per heavy atom. The molecule has 0 bridgehead atoms. The number of hydrogen-bond donors (Lipinski definition) is 3. The van der Waals surface area contributed by atoms with Gasteiger partial charge in [0.15, 0.2) is 0 Å². The number of carbonyl (C=O) groups is 1. The molecule has 0 spiro atoms. The van der Waals surface area contributed by atoms with Crippen LogP contribution in [0.1, 0.15) is 18.1 Å². The van der Waals surface area contributed by atoms with Gasteiger partial charge in [-0.3, -0.25) is 0 Å². The van der Waals surface area contributed by atoms with Crippen LogP contribution in [0.2, 0.25) is 0 Å². The second-order valence-electron chi connectivity index (χ2n) is 5.07. The second-order valence-corrected chi connectivity index (χ2v) is 5.07. The van der Waals surface area contributed by atoms with E-state index in [-0.39, 0.29) is 24.9 Å². The maximum Gasteiger partial charge on any atom is 0.315 e. The van der Waals surface area contributed by atoms with E-state index >= 15 is 0 Å². The smallest absolute Gasteiger partial charge is 0.315 e. The molecule has 6 nitrogen and oxygen atoms in total. The van der Waals surface area contributed by atoms with Gasteiger partial charge in [0.25, 0.3) is 0 Å². The number of urea groups is 1. The zero-order valence-corrected chi connectivity index (χ0v) is 12.3. The summed E-state index contributed by atoms with van der Waals surface area (Å²) in [5.74, 6) is -0.295. The van der Waals surface area contributed by atoms with Gasteiger partial charge in [-0.1, -0.05) is 6.07 Å². The maximum absolute atomic E-state index is 13.8. The van der Waals surface area contributed by atoms with E-state index in [9.17, 15) is 9.18 Å². The largest absolute Gasteiger partial charge is 0.392 e. The Morgan fingerprint density at radius 2 is 2.27 bits per heavy atom. The molecule has 0 unspecified atom stereocenters. The number of hydrogen-bond acceptors (Lipinski definition) is 3. The topological polar surface area (TPSA) is 79.2 Å². The number of imidazole rings is 1. The van der Waals surface area contributed by atoms with Crippen molar-refractivity contribution in [1.29, 1.82) is 0 Å². The molecule has 0 radical (unpaired) electrons. The predicted octanol–water partition coefficient (Wildman–Crippen LogP) is 1.25. The van der Waals surface area contributed by atoms with Crippen molar-refractivity contribution < 1.29 is 14.3 Å². The molecule has 0 fully saturated rings. The zero-order valence-electron chi connectivity index (χ0n) is 12.3. The summed E-state index contributed by atoms with van der Waals surface area (Å²) < 4.78 is 15.6. The quantitative estimate of drug-likeness (QED) is 0.751. The molecule has 0 aliphatic rings. The number of rotatable bonds is 6. The highest BCUT2D eigenvalue weighted by molar-refractivity contribution is 5.73. The Kier molecular flexibility index (Phi) is 5.48. The number of carbonyl (C=O) groups excluding carboxylic acids is 1. The van der Waals surface area contributed by atoms with Gasteiger partial charge in [0.05, 0.1) is 19.0 Å². The first-order chi connectivity index (χ1) is 10.5. The highest BCUT2D eigenvalue weighted by Gasteiger charge is 2.06. The minimum Gasteiger partial charge on any atom is -0.392 e. The van der Waals surface area contributed by atoms with Gasteiger partial charge in [-0.25, -0.2) is 14.2 Å². The van der Waals surface area contributed by atoms with Crippen LogP contribution >= 0.6 is 0 Å². The lowest BCUT2D eigenvalue weighted by molar-refractivity contribution is 0.187. The second kappa shape index (κ2) is 7.56. The van der Waals surface area contributed by atoms with Gasteiger partial charge in [-0.05, 0) is 24.6 Å². The Balaban J connectivity index is 1.93. The zero-order chi connectivity index (χ0) is 15.9. The van der Waals surface area contributed by atoms with E-state index in [1.54, 1.807) is 42.3 Å². The predicted molar refractivity (Wildman–Crippen MR) is 79.6 cm³/mol. The van der Waals surface area contributed by atoms with Crippen LogP contribution in [0.5, 0.6) is 0 Å². The van der Waals surface area contributed by atoms with E-state index in [2.05, 4.69) is 15.6 Å². The number of nitrogens with one attached hydrogen (secondary N) is 2.